The summed E-state index contributed by atoms with van der Waals surface area (Å²) in [6.07, 6.45) is 0.780. The number of hydrogen-bond acceptors (Lipinski definition) is 4. The van der Waals surface area contributed by atoms with Gasteiger partial charge in [-0.05, 0) is 24.1 Å². The largest absolute Gasteiger partial charge is 0.504 e. The zero-order valence-corrected chi connectivity index (χ0v) is 12.0. The number of hydrogen-bond donors (Lipinski definition) is 4. The van der Waals surface area contributed by atoms with Gasteiger partial charge >= 0.3 is 12.0 Å². The third-order valence-electron chi connectivity index (χ3n) is 2.98. The molecule has 0 aliphatic carbocycles. The highest BCUT2D eigenvalue weighted by atomic mass is 16.4. The van der Waals surface area contributed by atoms with Gasteiger partial charge in [0.05, 0.1) is 0 Å². The summed E-state index contributed by atoms with van der Waals surface area (Å²) in [7, 11) is 1.59. The Labute approximate surface area is 122 Å². The zero-order chi connectivity index (χ0) is 16.0. The first kappa shape index (κ1) is 16.6. The standard InChI is InChI=1S/C14H20N2O5/c1-3-6-16(2)14(21)15-10(13(19)20)7-9-4-5-11(17)12(18)8-9/h4-5,8,10,17-18H,3,6-7H2,1-2H3,(H,15,21)(H,19,20). The maximum atomic E-state index is 11.8. The number of urea groups is 1. The average Bonchev–Trinajstić information content (AvgIpc) is 2.42. The third-order valence-corrected chi connectivity index (χ3v) is 2.98. The van der Waals surface area contributed by atoms with Crippen LogP contribution >= 0.6 is 0 Å². The number of carbonyl (C=O) groups is 2. The van der Waals surface area contributed by atoms with Gasteiger partial charge in [0.15, 0.2) is 11.5 Å². The molecule has 0 aromatic heterocycles. The van der Waals surface area contributed by atoms with Crippen molar-refractivity contribution in [1.82, 2.24) is 10.2 Å². The molecule has 7 nitrogen and oxygen atoms in total. The van der Waals surface area contributed by atoms with E-state index in [-0.39, 0.29) is 17.9 Å². The van der Waals surface area contributed by atoms with Crippen LogP contribution in [0.15, 0.2) is 18.2 Å². The first-order valence-electron chi connectivity index (χ1n) is 6.60. The summed E-state index contributed by atoms with van der Waals surface area (Å²) in [6.45, 7) is 2.44. The molecule has 0 fully saturated rings. The molecule has 7 heteroatoms. The number of benzene rings is 1. The van der Waals surface area contributed by atoms with E-state index in [0.717, 1.165) is 6.42 Å². The van der Waals surface area contributed by atoms with Gasteiger partial charge in [-0.15, -0.1) is 0 Å². The van der Waals surface area contributed by atoms with Crippen molar-refractivity contribution in [3.63, 3.8) is 0 Å². The smallest absolute Gasteiger partial charge is 0.326 e. The summed E-state index contributed by atoms with van der Waals surface area (Å²) in [5, 5.41) is 30.2. The number of phenols is 2. The van der Waals surface area contributed by atoms with Gasteiger partial charge in [0.25, 0.3) is 0 Å². The highest BCUT2D eigenvalue weighted by Gasteiger charge is 2.22. The topological polar surface area (TPSA) is 110 Å². The van der Waals surface area contributed by atoms with Gasteiger partial charge in [0.2, 0.25) is 0 Å². The fourth-order valence-corrected chi connectivity index (χ4v) is 1.83. The molecular formula is C14H20N2O5. The van der Waals surface area contributed by atoms with Crippen LogP contribution in [0.3, 0.4) is 0 Å². The third kappa shape index (κ3) is 4.87. The maximum absolute atomic E-state index is 11.8. The van der Waals surface area contributed by atoms with Crippen molar-refractivity contribution < 1.29 is 24.9 Å². The summed E-state index contributed by atoms with van der Waals surface area (Å²) in [5.74, 6) is -1.77. The zero-order valence-electron chi connectivity index (χ0n) is 12.0. The van der Waals surface area contributed by atoms with E-state index in [4.69, 9.17) is 0 Å². The van der Waals surface area contributed by atoms with Crippen LogP contribution in [0.2, 0.25) is 0 Å². The van der Waals surface area contributed by atoms with Crippen molar-refractivity contribution in [3.8, 4) is 11.5 Å². The predicted octanol–water partition coefficient (Wildman–Crippen LogP) is 1.14. The molecule has 1 atom stereocenters. The fraction of sp³-hybridized carbons (Fsp3) is 0.429. The Balaban J connectivity index is 2.76. The van der Waals surface area contributed by atoms with Gasteiger partial charge in [-0.1, -0.05) is 13.0 Å². The monoisotopic (exact) mass is 296 g/mol. The number of rotatable bonds is 6. The Hall–Kier alpha value is -2.44. The van der Waals surface area contributed by atoms with E-state index < -0.39 is 18.0 Å². The van der Waals surface area contributed by atoms with Crippen LogP contribution < -0.4 is 5.32 Å². The van der Waals surface area contributed by atoms with E-state index in [1.54, 1.807) is 7.05 Å². The van der Waals surface area contributed by atoms with Gasteiger partial charge in [0, 0.05) is 20.0 Å². The molecule has 0 aliphatic heterocycles. The number of nitrogens with one attached hydrogen (secondary N) is 1. The minimum Gasteiger partial charge on any atom is -0.504 e. The van der Waals surface area contributed by atoms with E-state index in [9.17, 15) is 24.9 Å². The highest BCUT2D eigenvalue weighted by Crippen LogP contribution is 2.25. The van der Waals surface area contributed by atoms with E-state index in [0.29, 0.717) is 12.1 Å². The molecule has 0 spiro atoms. The second-order valence-electron chi connectivity index (χ2n) is 4.79. The number of phenolic OH excluding ortho intramolecular Hbond substituents is 2. The molecule has 0 saturated heterocycles. The van der Waals surface area contributed by atoms with Crippen LogP contribution in [0.1, 0.15) is 18.9 Å². The predicted molar refractivity (Wildman–Crippen MR) is 76.4 cm³/mol. The molecule has 0 bridgehead atoms. The van der Waals surface area contributed by atoms with Crippen molar-refractivity contribution >= 4 is 12.0 Å². The molecule has 1 aromatic rings. The Kier molecular flexibility index (Phi) is 5.83. The van der Waals surface area contributed by atoms with Crippen molar-refractivity contribution in [2.24, 2.45) is 0 Å². The van der Waals surface area contributed by atoms with Gasteiger partial charge in [-0.25, -0.2) is 9.59 Å². The fourth-order valence-electron chi connectivity index (χ4n) is 1.83. The Morgan fingerprint density at radius 1 is 1.29 bits per heavy atom. The Bertz CT molecular complexity index is 518. The van der Waals surface area contributed by atoms with Crippen LogP contribution in [0.4, 0.5) is 4.79 Å². The van der Waals surface area contributed by atoms with Gasteiger partial charge in [0.1, 0.15) is 6.04 Å². The summed E-state index contributed by atoms with van der Waals surface area (Å²) >= 11 is 0. The average molecular weight is 296 g/mol. The normalized spacial score (nSPS) is 11.7. The quantitative estimate of drug-likeness (QED) is 0.588. The second-order valence-corrected chi connectivity index (χ2v) is 4.79. The van der Waals surface area contributed by atoms with Crippen LogP contribution in [0.25, 0.3) is 0 Å². The summed E-state index contributed by atoms with van der Waals surface area (Å²) < 4.78 is 0. The molecule has 116 valence electrons. The minimum absolute atomic E-state index is 0.00881. The summed E-state index contributed by atoms with van der Waals surface area (Å²) in [4.78, 5) is 24.5. The lowest BCUT2D eigenvalue weighted by molar-refractivity contribution is -0.139. The lowest BCUT2D eigenvalue weighted by atomic mass is 10.1. The van der Waals surface area contributed by atoms with Crippen molar-refractivity contribution in [2.45, 2.75) is 25.8 Å². The van der Waals surface area contributed by atoms with Crippen molar-refractivity contribution in [3.05, 3.63) is 23.8 Å². The lowest BCUT2D eigenvalue weighted by Gasteiger charge is -2.21. The molecular weight excluding hydrogens is 276 g/mol. The number of aromatic hydroxyl groups is 2. The van der Waals surface area contributed by atoms with Gasteiger partial charge < -0.3 is 25.5 Å². The number of aliphatic carboxylic acids is 1. The number of amides is 2. The number of nitrogens with zero attached hydrogens (tertiary/aromatic N) is 1. The second kappa shape index (κ2) is 7.37. The van der Waals surface area contributed by atoms with Crippen LogP contribution in [-0.2, 0) is 11.2 Å². The van der Waals surface area contributed by atoms with Crippen LogP contribution in [0, 0.1) is 0 Å². The Morgan fingerprint density at radius 3 is 2.48 bits per heavy atom. The van der Waals surface area contributed by atoms with Gasteiger partial charge in [-0.2, -0.15) is 0 Å². The van der Waals surface area contributed by atoms with Gasteiger partial charge in [-0.3, -0.25) is 0 Å². The molecule has 0 aliphatic rings. The summed E-state index contributed by atoms with van der Waals surface area (Å²) in [6, 6.07) is 2.46. The molecule has 0 radical (unpaired) electrons. The van der Waals surface area contributed by atoms with Crippen LogP contribution in [0.5, 0.6) is 11.5 Å². The van der Waals surface area contributed by atoms with Crippen molar-refractivity contribution in [2.75, 3.05) is 13.6 Å². The molecule has 1 rings (SSSR count). The van der Waals surface area contributed by atoms with E-state index in [1.165, 1.54) is 23.1 Å². The molecule has 1 aromatic carbocycles. The van der Waals surface area contributed by atoms with E-state index in [2.05, 4.69) is 5.32 Å². The highest BCUT2D eigenvalue weighted by molar-refractivity contribution is 5.82. The number of carboxylic acids is 1. The molecule has 21 heavy (non-hydrogen) atoms. The molecule has 0 heterocycles. The minimum atomic E-state index is -1.17. The first-order chi connectivity index (χ1) is 9.85. The first-order valence-corrected chi connectivity index (χ1v) is 6.60. The molecule has 4 N–H and O–H groups in total. The van der Waals surface area contributed by atoms with E-state index in [1.807, 2.05) is 6.92 Å². The van der Waals surface area contributed by atoms with Crippen molar-refractivity contribution in [1.29, 1.82) is 0 Å². The molecule has 1 unspecified atom stereocenters. The van der Waals surface area contributed by atoms with Crippen LogP contribution in [-0.4, -0.2) is 51.9 Å². The van der Waals surface area contributed by atoms with E-state index >= 15 is 0 Å². The SMILES string of the molecule is CCCN(C)C(=O)NC(Cc1ccc(O)c(O)c1)C(=O)O. The molecule has 0 saturated carbocycles. The Morgan fingerprint density at radius 2 is 1.95 bits per heavy atom. The number of carbonyl (C=O) groups excluding carboxylic acids is 1. The maximum Gasteiger partial charge on any atom is 0.326 e. The molecule has 2 amide bonds. The lowest BCUT2D eigenvalue weighted by Crippen LogP contribution is -2.47. The number of carboxylic acid groups (broad SMARTS) is 1. The summed E-state index contributed by atoms with van der Waals surface area (Å²) in [5.41, 5.74) is 0.496.